The molecule has 1 atom stereocenters. The SMILES string of the molecule is CCNC(=NCc1cc(Br)ccc1OC)NCC(C)N1CCOCC1.I. The van der Waals surface area contributed by atoms with E-state index in [0.717, 1.165) is 61.1 Å². The van der Waals surface area contributed by atoms with Crippen LogP contribution in [0.2, 0.25) is 0 Å². The van der Waals surface area contributed by atoms with Crippen molar-refractivity contribution >= 4 is 45.9 Å². The number of morpholine rings is 1. The quantitative estimate of drug-likeness (QED) is 0.316. The molecule has 1 aromatic rings. The van der Waals surface area contributed by atoms with Gasteiger partial charge in [-0.2, -0.15) is 0 Å². The second-order valence-corrected chi connectivity index (χ2v) is 6.95. The molecule has 1 heterocycles. The molecule has 0 saturated carbocycles. The molecule has 0 spiro atoms. The molecule has 26 heavy (non-hydrogen) atoms. The first-order valence-corrected chi connectivity index (χ1v) is 9.59. The summed E-state index contributed by atoms with van der Waals surface area (Å²) < 4.78 is 11.9. The molecule has 0 bridgehead atoms. The number of nitrogens with zero attached hydrogens (tertiary/aromatic N) is 2. The van der Waals surface area contributed by atoms with Crippen LogP contribution in [0.1, 0.15) is 19.4 Å². The van der Waals surface area contributed by atoms with Crippen molar-refractivity contribution in [3.05, 3.63) is 28.2 Å². The van der Waals surface area contributed by atoms with Crippen LogP contribution < -0.4 is 15.4 Å². The third-order valence-corrected chi connectivity index (χ3v) is 4.72. The van der Waals surface area contributed by atoms with Crippen LogP contribution in [0.5, 0.6) is 5.75 Å². The number of ether oxygens (including phenoxy) is 2. The standard InChI is InChI=1S/C18H29BrN4O2.HI/c1-4-20-18(21-12-14(2)23-7-9-25-10-8-23)22-13-15-11-16(19)5-6-17(15)24-3;/h5-6,11,14H,4,7-10,12-13H2,1-3H3,(H2,20,21,22);1H. The fourth-order valence-electron chi connectivity index (χ4n) is 2.77. The highest BCUT2D eigenvalue weighted by atomic mass is 127. The number of benzene rings is 1. The lowest BCUT2D eigenvalue weighted by Gasteiger charge is -2.32. The first kappa shape index (κ1) is 23.5. The van der Waals surface area contributed by atoms with Crippen molar-refractivity contribution in [1.82, 2.24) is 15.5 Å². The van der Waals surface area contributed by atoms with Gasteiger partial charge in [-0.3, -0.25) is 4.90 Å². The van der Waals surface area contributed by atoms with Crippen LogP contribution in [0.3, 0.4) is 0 Å². The van der Waals surface area contributed by atoms with Crippen molar-refractivity contribution in [2.24, 2.45) is 4.99 Å². The molecule has 148 valence electrons. The van der Waals surface area contributed by atoms with Gasteiger partial charge in [0.1, 0.15) is 5.75 Å². The van der Waals surface area contributed by atoms with Gasteiger partial charge in [-0.1, -0.05) is 15.9 Å². The van der Waals surface area contributed by atoms with Gasteiger partial charge in [-0.05, 0) is 32.0 Å². The number of halogens is 2. The minimum Gasteiger partial charge on any atom is -0.496 e. The van der Waals surface area contributed by atoms with Gasteiger partial charge in [0.25, 0.3) is 0 Å². The average molecular weight is 541 g/mol. The summed E-state index contributed by atoms with van der Waals surface area (Å²) in [6.07, 6.45) is 0. The molecule has 1 fully saturated rings. The van der Waals surface area contributed by atoms with Crippen molar-refractivity contribution in [3.8, 4) is 5.75 Å². The Morgan fingerprint density at radius 1 is 1.35 bits per heavy atom. The monoisotopic (exact) mass is 540 g/mol. The van der Waals surface area contributed by atoms with E-state index in [-0.39, 0.29) is 24.0 Å². The lowest BCUT2D eigenvalue weighted by atomic mass is 10.2. The van der Waals surface area contributed by atoms with Gasteiger partial charge in [-0.25, -0.2) is 4.99 Å². The summed E-state index contributed by atoms with van der Waals surface area (Å²) in [5.41, 5.74) is 1.05. The molecule has 8 heteroatoms. The molecule has 1 unspecified atom stereocenters. The summed E-state index contributed by atoms with van der Waals surface area (Å²) in [6, 6.07) is 6.41. The van der Waals surface area contributed by atoms with Gasteiger partial charge in [0.2, 0.25) is 0 Å². The summed E-state index contributed by atoms with van der Waals surface area (Å²) in [5.74, 6) is 1.68. The van der Waals surface area contributed by atoms with Crippen LogP contribution in [-0.4, -0.2) is 63.4 Å². The molecular weight excluding hydrogens is 511 g/mol. The predicted octanol–water partition coefficient (Wildman–Crippen LogP) is 2.85. The van der Waals surface area contributed by atoms with E-state index >= 15 is 0 Å². The zero-order chi connectivity index (χ0) is 18.1. The number of aliphatic imine (C=N–C) groups is 1. The Labute approximate surface area is 182 Å². The Bertz CT molecular complexity index is 568. The van der Waals surface area contributed by atoms with Gasteiger partial charge in [-0.15, -0.1) is 24.0 Å². The van der Waals surface area contributed by atoms with E-state index in [0.29, 0.717) is 12.6 Å². The summed E-state index contributed by atoms with van der Waals surface area (Å²) >= 11 is 3.51. The van der Waals surface area contributed by atoms with Crippen molar-refractivity contribution in [3.63, 3.8) is 0 Å². The minimum atomic E-state index is 0. The van der Waals surface area contributed by atoms with Crippen LogP contribution in [0.25, 0.3) is 0 Å². The van der Waals surface area contributed by atoms with E-state index in [1.54, 1.807) is 7.11 Å². The lowest BCUT2D eigenvalue weighted by Crippen LogP contribution is -2.49. The fourth-order valence-corrected chi connectivity index (χ4v) is 3.18. The Kier molecular flexibility index (Phi) is 11.5. The summed E-state index contributed by atoms with van der Waals surface area (Å²) in [5, 5.41) is 6.75. The van der Waals surface area contributed by atoms with Crippen molar-refractivity contribution in [2.75, 3.05) is 46.5 Å². The van der Waals surface area contributed by atoms with Crippen molar-refractivity contribution < 1.29 is 9.47 Å². The van der Waals surface area contributed by atoms with Gasteiger partial charge in [0, 0.05) is 42.3 Å². The van der Waals surface area contributed by atoms with Crippen LogP contribution in [0, 0.1) is 0 Å². The van der Waals surface area contributed by atoms with Gasteiger partial charge in [0.15, 0.2) is 5.96 Å². The van der Waals surface area contributed by atoms with E-state index in [1.165, 1.54) is 0 Å². The Balaban J connectivity index is 0.00000338. The van der Waals surface area contributed by atoms with Crippen LogP contribution >= 0.6 is 39.9 Å². The number of nitrogens with one attached hydrogen (secondary N) is 2. The Morgan fingerprint density at radius 2 is 2.08 bits per heavy atom. The van der Waals surface area contributed by atoms with Gasteiger partial charge < -0.3 is 20.1 Å². The third kappa shape index (κ3) is 7.58. The molecule has 6 nitrogen and oxygen atoms in total. The van der Waals surface area contributed by atoms with Crippen molar-refractivity contribution in [2.45, 2.75) is 26.4 Å². The summed E-state index contributed by atoms with van der Waals surface area (Å²) in [4.78, 5) is 7.14. The summed E-state index contributed by atoms with van der Waals surface area (Å²) in [7, 11) is 1.68. The minimum absolute atomic E-state index is 0. The molecular formula is C18H30BrIN4O2. The van der Waals surface area contributed by atoms with Crippen molar-refractivity contribution in [1.29, 1.82) is 0 Å². The number of rotatable bonds is 7. The zero-order valence-corrected chi connectivity index (χ0v) is 19.7. The maximum atomic E-state index is 5.42. The fraction of sp³-hybridized carbons (Fsp3) is 0.611. The predicted molar refractivity (Wildman–Crippen MR) is 121 cm³/mol. The highest BCUT2D eigenvalue weighted by molar-refractivity contribution is 14.0. The number of guanidine groups is 1. The third-order valence-electron chi connectivity index (χ3n) is 4.23. The first-order chi connectivity index (χ1) is 12.1. The second-order valence-electron chi connectivity index (χ2n) is 6.03. The average Bonchev–Trinajstić information content (AvgIpc) is 2.64. The highest BCUT2D eigenvalue weighted by Gasteiger charge is 2.17. The topological polar surface area (TPSA) is 58.1 Å². The van der Waals surface area contributed by atoms with E-state index in [1.807, 2.05) is 18.2 Å². The molecule has 0 aromatic heterocycles. The highest BCUT2D eigenvalue weighted by Crippen LogP contribution is 2.23. The lowest BCUT2D eigenvalue weighted by molar-refractivity contribution is 0.0211. The molecule has 0 radical (unpaired) electrons. The maximum absolute atomic E-state index is 5.42. The van der Waals surface area contributed by atoms with Crippen LogP contribution in [-0.2, 0) is 11.3 Å². The molecule has 2 rings (SSSR count). The number of methoxy groups -OCH3 is 1. The van der Waals surface area contributed by atoms with Gasteiger partial charge >= 0.3 is 0 Å². The Morgan fingerprint density at radius 3 is 2.73 bits per heavy atom. The molecule has 1 aliphatic rings. The van der Waals surface area contributed by atoms with Gasteiger partial charge in [0.05, 0.1) is 26.9 Å². The molecule has 1 aliphatic heterocycles. The van der Waals surface area contributed by atoms with Crippen LogP contribution in [0.4, 0.5) is 0 Å². The first-order valence-electron chi connectivity index (χ1n) is 8.80. The Hall–Kier alpha value is -0.580. The second kappa shape index (κ2) is 12.7. The molecule has 0 aliphatic carbocycles. The molecule has 2 N–H and O–H groups in total. The molecule has 0 amide bonds. The largest absolute Gasteiger partial charge is 0.496 e. The molecule has 1 saturated heterocycles. The van der Waals surface area contributed by atoms with E-state index in [2.05, 4.69) is 45.3 Å². The van der Waals surface area contributed by atoms with E-state index in [9.17, 15) is 0 Å². The summed E-state index contributed by atoms with van der Waals surface area (Å²) in [6.45, 7) is 10.2. The number of hydrogen-bond acceptors (Lipinski definition) is 4. The van der Waals surface area contributed by atoms with E-state index in [4.69, 9.17) is 14.5 Å². The van der Waals surface area contributed by atoms with Crippen LogP contribution in [0.15, 0.2) is 27.7 Å². The maximum Gasteiger partial charge on any atom is 0.191 e. The normalized spacial score (nSPS) is 16.5. The van der Waals surface area contributed by atoms with E-state index < -0.39 is 0 Å². The zero-order valence-electron chi connectivity index (χ0n) is 15.8. The molecule has 1 aromatic carbocycles. The number of hydrogen-bond donors (Lipinski definition) is 2. The smallest absolute Gasteiger partial charge is 0.191 e.